The van der Waals surface area contributed by atoms with Crippen molar-refractivity contribution in [3.05, 3.63) is 59.4 Å². The van der Waals surface area contributed by atoms with Gasteiger partial charge in [0, 0.05) is 6.54 Å². The Balaban J connectivity index is 1.72. The monoisotopic (exact) mass is 384 g/mol. The summed E-state index contributed by atoms with van der Waals surface area (Å²) in [7, 11) is 0. The van der Waals surface area contributed by atoms with Gasteiger partial charge in [0.15, 0.2) is 0 Å². The van der Waals surface area contributed by atoms with E-state index in [0.29, 0.717) is 25.4 Å². The largest absolute Gasteiger partial charge is 0.491 e. The molecular weight excluding hydrogens is 360 g/mol. The first kappa shape index (κ1) is 19.8. The maximum absolute atomic E-state index is 13.0. The number of hydrogen-bond acceptors (Lipinski definition) is 5. The first-order chi connectivity index (χ1) is 13.2. The third-order valence-electron chi connectivity index (χ3n) is 4.48. The van der Waals surface area contributed by atoms with Gasteiger partial charge in [0.1, 0.15) is 24.2 Å². The van der Waals surface area contributed by atoms with E-state index in [1.165, 1.54) is 12.1 Å². The Morgan fingerprint density at radius 2 is 1.96 bits per heavy atom. The third-order valence-corrected chi connectivity index (χ3v) is 4.48. The number of aromatic carboxylic acids is 1. The predicted molar refractivity (Wildman–Crippen MR) is 103 cm³/mol. The molecule has 3 rings (SSSR count). The molecule has 2 heterocycles. The molecular formula is C21H24N2O5. The molecule has 0 saturated carbocycles. The van der Waals surface area contributed by atoms with Crippen LogP contribution in [0.2, 0.25) is 0 Å². The Bertz CT molecular complexity index is 866. The molecule has 0 aliphatic carbocycles. The van der Waals surface area contributed by atoms with Crippen LogP contribution in [0, 0.1) is 6.92 Å². The summed E-state index contributed by atoms with van der Waals surface area (Å²) in [5, 5.41) is 9.13. The Labute approximate surface area is 163 Å². The molecule has 1 saturated heterocycles. The van der Waals surface area contributed by atoms with Crippen molar-refractivity contribution in [2.75, 3.05) is 19.7 Å². The molecule has 148 valence electrons. The Hall–Kier alpha value is -2.93. The van der Waals surface area contributed by atoms with E-state index in [2.05, 4.69) is 4.98 Å². The molecule has 7 nitrogen and oxygen atoms in total. The lowest BCUT2D eigenvalue weighted by molar-refractivity contribution is -0.136. The Morgan fingerprint density at radius 3 is 2.61 bits per heavy atom. The molecule has 1 fully saturated rings. The Kier molecular flexibility index (Phi) is 5.65. The highest BCUT2D eigenvalue weighted by atomic mass is 16.5. The number of rotatable bonds is 5. The second-order valence-corrected chi connectivity index (χ2v) is 7.44. The Morgan fingerprint density at radius 1 is 1.25 bits per heavy atom. The summed E-state index contributed by atoms with van der Waals surface area (Å²) in [6.07, 6.45) is -0.285. The number of carbonyl (C=O) groups excluding carboxylic acids is 1. The van der Waals surface area contributed by atoms with Crippen molar-refractivity contribution >= 4 is 11.9 Å². The number of pyridine rings is 1. The van der Waals surface area contributed by atoms with Gasteiger partial charge in [-0.2, -0.15) is 0 Å². The fourth-order valence-electron chi connectivity index (χ4n) is 3.31. The molecule has 1 N–H and O–H groups in total. The summed E-state index contributed by atoms with van der Waals surface area (Å²) in [4.78, 5) is 30.0. The van der Waals surface area contributed by atoms with Crippen LogP contribution in [0.5, 0.6) is 5.75 Å². The lowest BCUT2D eigenvalue weighted by atomic mass is 10.0. The average Bonchev–Trinajstić information content (AvgIpc) is 2.65. The van der Waals surface area contributed by atoms with E-state index in [-0.39, 0.29) is 23.3 Å². The highest BCUT2D eigenvalue weighted by Crippen LogP contribution is 2.23. The topological polar surface area (TPSA) is 89.0 Å². The number of aryl methyl sites for hydroxylation is 1. The highest BCUT2D eigenvalue weighted by Gasteiger charge is 2.36. The molecule has 1 amide bonds. The summed E-state index contributed by atoms with van der Waals surface area (Å²) < 4.78 is 11.9. The second-order valence-electron chi connectivity index (χ2n) is 7.44. The van der Waals surface area contributed by atoms with Crippen LogP contribution in [0.15, 0.2) is 42.5 Å². The lowest BCUT2D eigenvalue weighted by Gasteiger charge is -2.42. The maximum Gasteiger partial charge on any atom is 0.337 e. The number of carbonyl (C=O) groups is 2. The normalized spacial score (nSPS) is 18.5. The molecule has 1 aliphatic rings. The highest BCUT2D eigenvalue weighted by molar-refractivity contribution is 5.94. The SMILES string of the molecule is Cc1nc(C(=O)N2CC(COc3ccccc3)OC(C)(C)C2)ccc1C(=O)O. The molecule has 2 aromatic rings. The van der Waals surface area contributed by atoms with E-state index in [0.717, 1.165) is 5.75 Å². The summed E-state index contributed by atoms with van der Waals surface area (Å²) >= 11 is 0. The summed E-state index contributed by atoms with van der Waals surface area (Å²) in [5.74, 6) is -0.565. The first-order valence-corrected chi connectivity index (χ1v) is 9.11. The van der Waals surface area contributed by atoms with Crippen molar-refractivity contribution in [1.82, 2.24) is 9.88 Å². The molecule has 0 radical (unpaired) electrons. The van der Waals surface area contributed by atoms with Gasteiger partial charge in [-0.15, -0.1) is 0 Å². The number of amides is 1. The number of hydrogen-bond donors (Lipinski definition) is 1. The van der Waals surface area contributed by atoms with E-state index in [4.69, 9.17) is 14.6 Å². The minimum Gasteiger partial charge on any atom is -0.491 e. The standard InChI is InChI=1S/C21H24N2O5/c1-14-17(20(25)26)9-10-18(22-14)19(24)23-11-16(28-21(2,3)13-23)12-27-15-7-5-4-6-8-15/h4-10,16H,11-13H2,1-3H3,(H,25,26). The van der Waals surface area contributed by atoms with Crippen LogP contribution in [0.4, 0.5) is 0 Å². The zero-order valence-electron chi connectivity index (χ0n) is 16.2. The fourth-order valence-corrected chi connectivity index (χ4v) is 3.31. The molecule has 1 aromatic heterocycles. The van der Waals surface area contributed by atoms with Gasteiger partial charge in [-0.1, -0.05) is 18.2 Å². The number of para-hydroxylation sites is 1. The van der Waals surface area contributed by atoms with Crippen LogP contribution in [0.1, 0.15) is 40.4 Å². The van der Waals surface area contributed by atoms with E-state index >= 15 is 0 Å². The predicted octanol–water partition coefficient (Wildman–Crippen LogP) is 2.79. The van der Waals surface area contributed by atoms with E-state index < -0.39 is 11.6 Å². The van der Waals surface area contributed by atoms with Crippen molar-refractivity contribution in [2.24, 2.45) is 0 Å². The van der Waals surface area contributed by atoms with Crippen LogP contribution in [-0.2, 0) is 4.74 Å². The number of carboxylic acid groups (broad SMARTS) is 1. The van der Waals surface area contributed by atoms with Crippen molar-refractivity contribution < 1.29 is 24.2 Å². The molecule has 1 atom stereocenters. The zero-order valence-corrected chi connectivity index (χ0v) is 16.2. The number of carboxylic acids is 1. The van der Waals surface area contributed by atoms with Crippen molar-refractivity contribution in [2.45, 2.75) is 32.5 Å². The van der Waals surface area contributed by atoms with Gasteiger partial charge >= 0.3 is 5.97 Å². The van der Waals surface area contributed by atoms with E-state index in [9.17, 15) is 9.59 Å². The third kappa shape index (κ3) is 4.67. The number of morpholine rings is 1. The van der Waals surface area contributed by atoms with Gasteiger partial charge in [-0.05, 0) is 45.0 Å². The van der Waals surface area contributed by atoms with Crippen LogP contribution in [-0.4, -0.2) is 58.3 Å². The minimum absolute atomic E-state index is 0.0907. The number of nitrogens with zero attached hydrogens (tertiary/aromatic N) is 2. The molecule has 0 spiro atoms. The van der Waals surface area contributed by atoms with Gasteiger partial charge in [0.25, 0.3) is 5.91 Å². The van der Waals surface area contributed by atoms with Crippen LogP contribution in [0.25, 0.3) is 0 Å². The van der Waals surface area contributed by atoms with Crippen LogP contribution >= 0.6 is 0 Å². The van der Waals surface area contributed by atoms with Gasteiger partial charge in [-0.3, -0.25) is 4.79 Å². The molecule has 0 bridgehead atoms. The van der Waals surface area contributed by atoms with Gasteiger partial charge < -0.3 is 19.5 Å². The van der Waals surface area contributed by atoms with Crippen LogP contribution in [0.3, 0.4) is 0 Å². The maximum atomic E-state index is 13.0. The van der Waals surface area contributed by atoms with Crippen molar-refractivity contribution in [1.29, 1.82) is 0 Å². The minimum atomic E-state index is -1.06. The summed E-state index contributed by atoms with van der Waals surface area (Å²) in [5.41, 5.74) is 0.0973. The van der Waals surface area contributed by atoms with Gasteiger partial charge in [-0.25, -0.2) is 9.78 Å². The molecule has 1 aromatic carbocycles. The van der Waals surface area contributed by atoms with Gasteiger partial charge in [0.2, 0.25) is 0 Å². The van der Waals surface area contributed by atoms with Crippen LogP contribution < -0.4 is 4.74 Å². The first-order valence-electron chi connectivity index (χ1n) is 9.11. The molecule has 7 heteroatoms. The smallest absolute Gasteiger partial charge is 0.337 e. The molecule has 1 unspecified atom stereocenters. The lowest BCUT2D eigenvalue weighted by Crippen LogP contribution is -2.56. The van der Waals surface area contributed by atoms with E-state index in [1.807, 2.05) is 44.2 Å². The van der Waals surface area contributed by atoms with Crippen molar-refractivity contribution in [3.63, 3.8) is 0 Å². The number of benzene rings is 1. The second kappa shape index (κ2) is 7.98. The summed E-state index contributed by atoms with van der Waals surface area (Å²) in [6.45, 7) is 6.54. The molecule has 28 heavy (non-hydrogen) atoms. The van der Waals surface area contributed by atoms with Crippen molar-refractivity contribution in [3.8, 4) is 5.75 Å². The number of aromatic nitrogens is 1. The van der Waals surface area contributed by atoms with Gasteiger partial charge in [0.05, 0.1) is 23.4 Å². The zero-order chi connectivity index (χ0) is 20.3. The molecule has 1 aliphatic heterocycles. The quantitative estimate of drug-likeness (QED) is 0.853. The van der Waals surface area contributed by atoms with E-state index in [1.54, 1.807) is 11.8 Å². The number of ether oxygens (including phenoxy) is 2. The average molecular weight is 384 g/mol. The summed E-state index contributed by atoms with van der Waals surface area (Å²) in [6, 6.07) is 12.3. The fraction of sp³-hybridized carbons (Fsp3) is 0.381.